The predicted octanol–water partition coefficient (Wildman–Crippen LogP) is 4.34. The number of rotatable bonds is 6. The maximum absolute atomic E-state index is 12.7. The van der Waals surface area contributed by atoms with Crippen LogP contribution in [0.2, 0.25) is 5.02 Å². The molecule has 0 aliphatic heterocycles. The Balaban J connectivity index is 0.00000392. The fourth-order valence-electron chi connectivity index (χ4n) is 3.06. The van der Waals surface area contributed by atoms with Crippen molar-refractivity contribution in [1.29, 1.82) is 0 Å². The minimum absolute atomic E-state index is 0. The average Bonchev–Trinajstić information content (AvgIpc) is 2.54. The monoisotopic (exact) mass is 447 g/mol. The van der Waals surface area contributed by atoms with E-state index in [1.54, 1.807) is 38.1 Å². The molecule has 1 saturated carbocycles. The maximum atomic E-state index is 12.7. The Bertz CT molecular complexity index is 736. The van der Waals surface area contributed by atoms with Crippen LogP contribution in [0.15, 0.2) is 24.3 Å². The topological polar surface area (TPSA) is 84.5 Å². The summed E-state index contributed by atoms with van der Waals surface area (Å²) >= 11 is 5.87. The number of carbonyl (C=O) groups excluding carboxylic acids is 1. The second kappa shape index (κ2) is 11.8. The molecule has 2 unspecified atom stereocenters. The van der Waals surface area contributed by atoms with Crippen molar-refractivity contribution in [3.8, 4) is 5.75 Å². The molecule has 1 aliphatic carbocycles. The van der Waals surface area contributed by atoms with Gasteiger partial charge in [-0.25, -0.2) is 13.1 Å². The highest BCUT2D eigenvalue weighted by atomic mass is 35.5. The second-order valence-electron chi connectivity index (χ2n) is 7.48. The minimum atomic E-state index is -3.23. The normalized spacial score (nSPS) is 20.3. The standard InChI is InChI=1S/C19H28ClN2O4S.2CH4/c1-19(2,26-17-12-8-14(20)9-13-17)18(23)21-15-6-4-5-7-16(11-10-15)22-27(3,24)25;;/h6,8-9,12-13,15-16,22H,4-5,7,10-11H2,1-3H3,(H,21,23);2*1H4. The number of sulfonamides is 1. The van der Waals surface area contributed by atoms with Crippen LogP contribution in [0.5, 0.6) is 5.75 Å². The smallest absolute Gasteiger partial charge is 0.263 e. The summed E-state index contributed by atoms with van der Waals surface area (Å²) in [6.45, 7) is 3.43. The molecule has 29 heavy (non-hydrogen) atoms. The van der Waals surface area contributed by atoms with E-state index in [4.69, 9.17) is 16.3 Å². The largest absolute Gasteiger partial charge is 0.478 e. The fraction of sp³-hybridized carbons (Fsp3) is 0.619. The molecule has 1 aromatic carbocycles. The summed E-state index contributed by atoms with van der Waals surface area (Å²) in [5.74, 6) is 0.352. The number of hydrogen-bond donors (Lipinski definition) is 2. The maximum Gasteiger partial charge on any atom is 0.263 e. The lowest BCUT2D eigenvalue weighted by atomic mass is 9.93. The van der Waals surface area contributed by atoms with Gasteiger partial charge in [-0.1, -0.05) is 32.9 Å². The molecule has 0 bridgehead atoms. The number of nitrogens with one attached hydrogen (secondary N) is 2. The van der Waals surface area contributed by atoms with Crippen molar-refractivity contribution in [3.05, 3.63) is 35.7 Å². The van der Waals surface area contributed by atoms with Gasteiger partial charge in [-0.05, 0) is 70.2 Å². The van der Waals surface area contributed by atoms with Gasteiger partial charge in [0, 0.05) is 17.1 Å². The van der Waals surface area contributed by atoms with Crippen LogP contribution >= 0.6 is 11.6 Å². The van der Waals surface area contributed by atoms with Crippen LogP contribution < -0.4 is 14.8 Å². The van der Waals surface area contributed by atoms with Crippen LogP contribution in [-0.2, 0) is 14.8 Å². The molecule has 8 heteroatoms. The van der Waals surface area contributed by atoms with Crippen LogP contribution in [0.3, 0.4) is 0 Å². The number of halogens is 1. The van der Waals surface area contributed by atoms with E-state index in [0.29, 0.717) is 23.6 Å². The molecule has 167 valence electrons. The van der Waals surface area contributed by atoms with Crippen LogP contribution in [0, 0.1) is 6.42 Å². The highest BCUT2D eigenvalue weighted by molar-refractivity contribution is 7.88. The van der Waals surface area contributed by atoms with Crippen LogP contribution in [0.1, 0.15) is 60.8 Å². The fourth-order valence-corrected chi connectivity index (χ4v) is 4.03. The number of amides is 1. The molecular formula is C21H36ClN2O4S. The highest BCUT2D eigenvalue weighted by Crippen LogP contribution is 2.22. The summed E-state index contributed by atoms with van der Waals surface area (Å²) in [5, 5.41) is 3.62. The van der Waals surface area contributed by atoms with Gasteiger partial charge in [-0.2, -0.15) is 0 Å². The summed E-state index contributed by atoms with van der Waals surface area (Å²) in [7, 11) is -3.23. The molecule has 6 nitrogen and oxygen atoms in total. The summed E-state index contributed by atoms with van der Waals surface area (Å²) in [4.78, 5) is 12.7. The summed E-state index contributed by atoms with van der Waals surface area (Å²) < 4.78 is 31.4. The van der Waals surface area contributed by atoms with Gasteiger partial charge in [0.05, 0.1) is 6.26 Å². The van der Waals surface area contributed by atoms with Crippen molar-refractivity contribution >= 4 is 27.5 Å². The van der Waals surface area contributed by atoms with Crippen molar-refractivity contribution < 1.29 is 17.9 Å². The van der Waals surface area contributed by atoms with Gasteiger partial charge in [-0.3, -0.25) is 4.79 Å². The molecule has 0 saturated heterocycles. The first kappa shape index (κ1) is 27.7. The third-order valence-electron chi connectivity index (χ3n) is 4.46. The van der Waals surface area contributed by atoms with Crippen LogP contribution in [0.4, 0.5) is 0 Å². The summed E-state index contributed by atoms with van der Waals surface area (Å²) in [5.41, 5.74) is -1.05. The lowest BCUT2D eigenvalue weighted by molar-refractivity contribution is -0.134. The van der Waals surface area contributed by atoms with E-state index in [1.165, 1.54) is 6.26 Å². The molecule has 2 N–H and O–H groups in total. The van der Waals surface area contributed by atoms with Gasteiger partial charge in [0.15, 0.2) is 5.60 Å². The zero-order valence-corrected chi connectivity index (χ0v) is 17.6. The first-order valence-electron chi connectivity index (χ1n) is 9.11. The quantitative estimate of drug-likeness (QED) is 0.679. The van der Waals surface area contributed by atoms with E-state index in [9.17, 15) is 13.2 Å². The van der Waals surface area contributed by atoms with Crippen molar-refractivity contribution in [3.63, 3.8) is 0 Å². The molecule has 2 atom stereocenters. The van der Waals surface area contributed by atoms with E-state index >= 15 is 0 Å². The first-order chi connectivity index (χ1) is 12.5. The van der Waals surface area contributed by atoms with Crippen LogP contribution in [0.25, 0.3) is 0 Å². The van der Waals surface area contributed by atoms with Crippen molar-refractivity contribution in [2.75, 3.05) is 6.26 Å². The molecule has 0 heterocycles. The molecule has 1 aromatic rings. The van der Waals surface area contributed by atoms with Gasteiger partial charge in [-0.15, -0.1) is 0 Å². The molecule has 0 aromatic heterocycles. The first-order valence-corrected chi connectivity index (χ1v) is 11.4. The molecular weight excluding hydrogens is 412 g/mol. The van der Waals surface area contributed by atoms with Crippen LogP contribution in [-0.4, -0.2) is 38.3 Å². The zero-order valence-electron chi connectivity index (χ0n) is 16.0. The molecule has 2 rings (SSSR count). The number of benzene rings is 1. The van der Waals surface area contributed by atoms with Crippen molar-refractivity contribution in [1.82, 2.24) is 10.0 Å². The number of carbonyl (C=O) groups is 1. The van der Waals surface area contributed by atoms with E-state index in [0.717, 1.165) is 19.3 Å². The summed E-state index contributed by atoms with van der Waals surface area (Å²) in [6.07, 6.45) is 7.12. The Kier molecular flexibility index (Phi) is 11.2. The molecule has 0 spiro atoms. The van der Waals surface area contributed by atoms with Crippen molar-refractivity contribution in [2.45, 2.75) is 78.5 Å². The number of ether oxygens (including phenoxy) is 1. The van der Waals surface area contributed by atoms with Gasteiger partial charge in [0.25, 0.3) is 5.91 Å². The lowest BCUT2D eigenvalue weighted by Gasteiger charge is -2.30. The van der Waals surface area contributed by atoms with Gasteiger partial charge in [0.1, 0.15) is 5.75 Å². The summed E-state index contributed by atoms with van der Waals surface area (Å²) in [6, 6.07) is 6.66. The SMILES string of the molecule is C.C.CC(C)(Oc1ccc(Cl)cc1)C(=O)NC1[CH]CCCC(NS(C)(=O)=O)CC1. The van der Waals surface area contributed by atoms with E-state index in [-0.39, 0.29) is 32.8 Å². The Morgan fingerprint density at radius 1 is 1.14 bits per heavy atom. The van der Waals surface area contributed by atoms with Gasteiger partial charge < -0.3 is 10.1 Å². The minimum Gasteiger partial charge on any atom is -0.478 e. The lowest BCUT2D eigenvalue weighted by Crippen LogP contribution is -2.50. The van der Waals surface area contributed by atoms with E-state index in [1.807, 2.05) is 0 Å². The van der Waals surface area contributed by atoms with Crippen molar-refractivity contribution in [2.24, 2.45) is 0 Å². The third kappa shape index (κ3) is 9.83. The Morgan fingerprint density at radius 2 is 1.76 bits per heavy atom. The Hall–Kier alpha value is -1.31. The highest BCUT2D eigenvalue weighted by Gasteiger charge is 2.32. The molecule has 1 aliphatic rings. The second-order valence-corrected chi connectivity index (χ2v) is 9.69. The molecule has 1 radical (unpaired) electrons. The van der Waals surface area contributed by atoms with E-state index < -0.39 is 15.6 Å². The average molecular weight is 448 g/mol. The molecule has 1 fully saturated rings. The zero-order chi connectivity index (χ0) is 20.1. The third-order valence-corrected chi connectivity index (χ3v) is 5.48. The Labute approximate surface area is 181 Å². The van der Waals surface area contributed by atoms with Gasteiger partial charge in [0.2, 0.25) is 10.0 Å². The molecule has 1 amide bonds. The van der Waals surface area contributed by atoms with Gasteiger partial charge >= 0.3 is 0 Å². The Morgan fingerprint density at radius 3 is 2.34 bits per heavy atom. The van der Waals surface area contributed by atoms with E-state index in [2.05, 4.69) is 16.5 Å². The number of hydrogen-bond acceptors (Lipinski definition) is 4. The predicted molar refractivity (Wildman–Crippen MR) is 121 cm³/mol.